The van der Waals surface area contributed by atoms with Gasteiger partial charge in [-0.2, -0.15) is 0 Å². The number of aliphatic hydroxyl groups excluding tert-OH is 1. The van der Waals surface area contributed by atoms with Crippen LogP contribution in [0.1, 0.15) is 28.5 Å². The van der Waals surface area contributed by atoms with Gasteiger partial charge in [-0.05, 0) is 31.5 Å². The maximum atomic E-state index is 13.1. The average Bonchev–Trinajstić information content (AvgIpc) is 3.34. The molecule has 8 heteroatoms. The molecular weight excluding hydrogens is 412 g/mol. The summed E-state index contributed by atoms with van der Waals surface area (Å²) in [6, 6.07) is 12.7. The second kappa shape index (κ2) is 8.22. The van der Waals surface area contributed by atoms with E-state index in [9.17, 15) is 14.7 Å². The van der Waals surface area contributed by atoms with Crippen molar-refractivity contribution in [2.75, 3.05) is 19.1 Å². The van der Waals surface area contributed by atoms with Crippen molar-refractivity contribution >= 4 is 23.3 Å². The second-order valence-electron chi connectivity index (χ2n) is 7.45. The van der Waals surface area contributed by atoms with Gasteiger partial charge in [-0.1, -0.05) is 41.1 Å². The summed E-state index contributed by atoms with van der Waals surface area (Å²) < 4.78 is 15.8. The third-order valence-electron chi connectivity index (χ3n) is 5.36. The van der Waals surface area contributed by atoms with Gasteiger partial charge in [0, 0.05) is 11.6 Å². The van der Waals surface area contributed by atoms with E-state index in [1.165, 1.54) is 19.1 Å². The van der Waals surface area contributed by atoms with Crippen LogP contribution in [-0.2, 0) is 9.59 Å². The summed E-state index contributed by atoms with van der Waals surface area (Å²) in [5.74, 6) is -0.341. The number of Topliss-reactive ketones (excluding diaryl/α,β-unsaturated/α-hetero) is 1. The number of carbonyl (C=O) groups is 2. The van der Waals surface area contributed by atoms with Crippen molar-refractivity contribution in [3.05, 3.63) is 76.6 Å². The van der Waals surface area contributed by atoms with Gasteiger partial charge in [0.05, 0.1) is 25.8 Å². The van der Waals surface area contributed by atoms with Crippen LogP contribution in [0.5, 0.6) is 11.5 Å². The first-order valence-electron chi connectivity index (χ1n) is 9.89. The molecule has 8 nitrogen and oxygen atoms in total. The lowest BCUT2D eigenvalue weighted by atomic mass is 9.94. The molecule has 0 radical (unpaired) electrons. The molecule has 1 saturated heterocycles. The molecule has 164 valence electrons. The van der Waals surface area contributed by atoms with Gasteiger partial charge in [-0.25, -0.2) is 0 Å². The van der Waals surface area contributed by atoms with Gasteiger partial charge in [0.15, 0.2) is 17.3 Å². The minimum absolute atomic E-state index is 0.0493. The monoisotopic (exact) mass is 434 g/mol. The number of ether oxygens (including phenoxy) is 2. The molecule has 1 atom stereocenters. The van der Waals surface area contributed by atoms with Crippen molar-refractivity contribution in [1.29, 1.82) is 0 Å². The number of nitrogens with zero attached hydrogens (tertiary/aromatic N) is 2. The molecule has 1 fully saturated rings. The molecule has 0 aliphatic carbocycles. The molecule has 1 amide bonds. The van der Waals surface area contributed by atoms with E-state index in [0.29, 0.717) is 28.4 Å². The standard InChI is InChI=1S/C24H22N2O6/c1-13-5-7-15(8-6-13)22(27)20-21(16-9-10-17(30-3)18(12-16)31-4)26(24(29)23(20)28)19-11-14(2)32-25-19/h5-12,21,27H,1-4H3. The van der Waals surface area contributed by atoms with E-state index in [2.05, 4.69) is 5.16 Å². The molecule has 1 N–H and O–H groups in total. The Hall–Kier alpha value is -4.07. The summed E-state index contributed by atoms with van der Waals surface area (Å²) in [4.78, 5) is 27.4. The second-order valence-corrected chi connectivity index (χ2v) is 7.45. The van der Waals surface area contributed by atoms with Gasteiger partial charge in [0.25, 0.3) is 5.78 Å². The number of rotatable bonds is 5. The van der Waals surface area contributed by atoms with Gasteiger partial charge < -0.3 is 19.1 Å². The number of amides is 1. The number of aliphatic hydroxyl groups is 1. The van der Waals surface area contributed by atoms with Gasteiger partial charge in [0.2, 0.25) is 0 Å². The number of anilines is 1. The predicted octanol–water partition coefficient (Wildman–Crippen LogP) is 3.93. The Morgan fingerprint density at radius 3 is 2.28 bits per heavy atom. The third kappa shape index (κ3) is 3.49. The molecule has 32 heavy (non-hydrogen) atoms. The van der Waals surface area contributed by atoms with Crippen LogP contribution < -0.4 is 14.4 Å². The highest BCUT2D eigenvalue weighted by Gasteiger charge is 2.48. The zero-order valence-electron chi connectivity index (χ0n) is 18.1. The van der Waals surface area contributed by atoms with Gasteiger partial charge in [-0.3, -0.25) is 14.5 Å². The van der Waals surface area contributed by atoms with E-state index in [-0.39, 0.29) is 17.2 Å². The van der Waals surface area contributed by atoms with Crippen molar-refractivity contribution in [2.24, 2.45) is 0 Å². The number of ketones is 1. The van der Waals surface area contributed by atoms with Crippen LogP contribution in [-0.4, -0.2) is 36.2 Å². The Labute approximate surface area is 184 Å². The quantitative estimate of drug-likeness (QED) is 0.369. The average molecular weight is 434 g/mol. The largest absolute Gasteiger partial charge is 0.507 e. The van der Waals surface area contributed by atoms with Crippen LogP contribution in [0.4, 0.5) is 5.82 Å². The summed E-state index contributed by atoms with van der Waals surface area (Å²) in [6.07, 6.45) is 0. The van der Waals surface area contributed by atoms with Gasteiger partial charge in [0.1, 0.15) is 11.5 Å². The molecule has 1 aromatic heterocycles. The Morgan fingerprint density at radius 2 is 1.69 bits per heavy atom. The van der Waals surface area contributed by atoms with Gasteiger partial charge in [-0.15, -0.1) is 0 Å². The van der Waals surface area contributed by atoms with Crippen molar-refractivity contribution < 1.29 is 28.7 Å². The van der Waals surface area contributed by atoms with Crippen molar-refractivity contribution in [1.82, 2.24) is 5.16 Å². The fourth-order valence-electron chi connectivity index (χ4n) is 3.74. The zero-order chi connectivity index (χ0) is 23.0. The van der Waals surface area contributed by atoms with Crippen LogP contribution in [0.25, 0.3) is 5.76 Å². The van der Waals surface area contributed by atoms with E-state index in [1.54, 1.807) is 43.3 Å². The molecule has 0 bridgehead atoms. The number of aromatic nitrogens is 1. The lowest BCUT2D eigenvalue weighted by molar-refractivity contribution is -0.132. The van der Waals surface area contributed by atoms with Gasteiger partial charge >= 0.3 is 5.91 Å². The zero-order valence-corrected chi connectivity index (χ0v) is 18.1. The fourth-order valence-corrected chi connectivity index (χ4v) is 3.74. The normalized spacial score (nSPS) is 17.6. The maximum Gasteiger partial charge on any atom is 0.301 e. The summed E-state index contributed by atoms with van der Waals surface area (Å²) in [5, 5.41) is 15.0. The number of methoxy groups -OCH3 is 2. The summed E-state index contributed by atoms with van der Waals surface area (Å²) in [5.41, 5.74) is 1.91. The van der Waals surface area contributed by atoms with E-state index < -0.39 is 17.7 Å². The molecule has 2 heterocycles. The lowest BCUT2D eigenvalue weighted by Gasteiger charge is -2.23. The van der Waals surface area contributed by atoms with E-state index in [4.69, 9.17) is 14.0 Å². The Kier molecular flexibility index (Phi) is 5.44. The smallest absolute Gasteiger partial charge is 0.301 e. The molecule has 0 saturated carbocycles. The maximum absolute atomic E-state index is 13.1. The number of aryl methyl sites for hydroxylation is 2. The summed E-state index contributed by atoms with van der Waals surface area (Å²) >= 11 is 0. The Bertz CT molecular complexity index is 1230. The van der Waals surface area contributed by atoms with E-state index >= 15 is 0 Å². The molecule has 2 aromatic carbocycles. The molecule has 3 aromatic rings. The van der Waals surface area contributed by atoms with Crippen molar-refractivity contribution in [2.45, 2.75) is 19.9 Å². The Balaban J connectivity index is 1.95. The highest BCUT2D eigenvalue weighted by molar-refractivity contribution is 6.51. The lowest BCUT2D eigenvalue weighted by Crippen LogP contribution is -2.29. The van der Waals surface area contributed by atoms with Crippen molar-refractivity contribution in [3.8, 4) is 11.5 Å². The van der Waals surface area contributed by atoms with Crippen molar-refractivity contribution in [3.63, 3.8) is 0 Å². The minimum atomic E-state index is -0.944. The minimum Gasteiger partial charge on any atom is -0.507 e. The first-order chi connectivity index (χ1) is 15.3. The highest BCUT2D eigenvalue weighted by atomic mass is 16.5. The van der Waals surface area contributed by atoms with Crippen LogP contribution in [0.2, 0.25) is 0 Å². The van der Waals surface area contributed by atoms with E-state index in [0.717, 1.165) is 5.56 Å². The number of hydrogen-bond acceptors (Lipinski definition) is 7. The van der Waals surface area contributed by atoms with Crippen LogP contribution >= 0.6 is 0 Å². The highest BCUT2D eigenvalue weighted by Crippen LogP contribution is 2.43. The van der Waals surface area contributed by atoms with Crippen LogP contribution in [0.15, 0.2) is 58.6 Å². The topological polar surface area (TPSA) is 102 Å². The fraction of sp³-hybridized carbons (Fsp3) is 0.208. The number of hydrogen-bond donors (Lipinski definition) is 1. The summed E-state index contributed by atoms with van der Waals surface area (Å²) in [7, 11) is 3.01. The molecule has 1 unspecified atom stereocenters. The Morgan fingerprint density at radius 1 is 1.00 bits per heavy atom. The molecular formula is C24H22N2O6. The first kappa shape index (κ1) is 21.2. The third-order valence-corrected chi connectivity index (χ3v) is 5.36. The molecule has 4 rings (SSSR count). The molecule has 1 aliphatic rings. The molecule has 0 spiro atoms. The number of carbonyl (C=O) groups excluding carboxylic acids is 2. The molecule has 1 aliphatic heterocycles. The summed E-state index contributed by atoms with van der Waals surface area (Å²) in [6.45, 7) is 3.60. The van der Waals surface area contributed by atoms with E-state index in [1.807, 2.05) is 19.1 Å². The van der Waals surface area contributed by atoms with Crippen LogP contribution in [0.3, 0.4) is 0 Å². The number of benzene rings is 2. The SMILES string of the molecule is COc1ccc(C2C(=C(O)c3ccc(C)cc3)C(=O)C(=O)N2c2cc(C)on2)cc1OC. The first-order valence-corrected chi connectivity index (χ1v) is 9.89. The predicted molar refractivity (Wildman–Crippen MR) is 117 cm³/mol. The van der Waals surface area contributed by atoms with Crippen LogP contribution in [0, 0.1) is 13.8 Å².